The van der Waals surface area contributed by atoms with Gasteiger partial charge in [-0.2, -0.15) is 17.0 Å². The lowest BCUT2D eigenvalue weighted by atomic mass is 9.80. The maximum atomic E-state index is 12.1. The standard InChI is InChI=1S/C15H23N3O4S/c1-17(2)23(19,20)18-11-15(12-18)13(6-9-22-15)5-8-21-14-4-3-7-16-10-14/h3-4,7,10,13H,5-6,8-9,11-12H2,1-2H3. The first-order valence-corrected chi connectivity index (χ1v) is 9.18. The van der Waals surface area contributed by atoms with Gasteiger partial charge in [-0.05, 0) is 30.9 Å². The van der Waals surface area contributed by atoms with E-state index >= 15 is 0 Å². The van der Waals surface area contributed by atoms with Crippen LogP contribution in [0.1, 0.15) is 12.8 Å². The smallest absolute Gasteiger partial charge is 0.281 e. The summed E-state index contributed by atoms with van der Waals surface area (Å²) in [4.78, 5) is 4.02. The highest BCUT2D eigenvalue weighted by atomic mass is 32.2. The molecule has 0 amide bonds. The van der Waals surface area contributed by atoms with Gasteiger partial charge in [-0.15, -0.1) is 0 Å². The van der Waals surface area contributed by atoms with Crippen molar-refractivity contribution in [2.45, 2.75) is 18.4 Å². The van der Waals surface area contributed by atoms with Gasteiger partial charge in [0, 0.05) is 40.0 Å². The minimum absolute atomic E-state index is 0.327. The van der Waals surface area contributed by atoms with Gasteiger partial charge in [0.1, 0.15) is 5.75 Å². The Kier molecular flexibility index (Phi) is 4.59. The molecule has 1 atom stereocenters. The fraction of sp³-hybridized carbons (Fsp3) is 0.667. The van der Waals surface area contributed by atoms with Crippen molar-refractivity contribution in [1.82, 2.24) is 13.6 Å². The van der Waals surface area contributed by atoms with Crippen LogP contribution >= 0.6 is 0 Å². The van der Waals surface area contributed by atoms with Gasteiger partial charge in [-0.25, -0.2) is 0 Å². The summed E-state index contributed by atoms with van der Waals surface area (Å²) in [5.41, 5.74) is -0.332. The Labute approximate surface area is 137 Å². The van der Waals surface area contributed by atoms with Gasteiger partial charge < -0.3 is 9.47 Å². The zero-order chi connectivity index (χ0) is 16.5. The third-order valence-corrected chi connectivity index (χ3v) is 6.48. The van der Waals surface area contributed by atoms with Gasteiger partial charge in [0.05, 0.1) is 18.4 Å². The molecule has 2 aliphatic heterocycles. The molecule has 23 heavy (non-hydrogen) atoms. The van der Waals surface area contributed by atoms with E-state index in [2.05, 4.69) is 4.98 Å². The van der Waals surface area contributed by atoms with Crippen LogP contribution in [-0.4, -0.2) is 68.0 Å². The summed E-state index contributed by atoms with van der Waals surface area (Å²) in [7, 11) is -0.242. The summed E-state index contributed by atoms with van der Waals surface area (Å²) < 4.78 is 38.6. The Morgan fingerprint density at radius 2 is 2.26 bits per heavy atom. The minimum atomic E-state index is -3.34. The molecule has 0 bridgehead atoms. The van der Waals surface area contributed by atoms with E-state index < -0.39 is 10.2 Å². The number of aromatic nitrogens is 1. The van der Waals surface area contributed by atoms with Gasteiger partial charge in [0.25, 0.3) is 10.2 Å². The monoisotopic (exact) mass is 341 g/mol. The fourth-order valence-corrected chi connectivity index (χ4v) is 4.46. The van der Waals surface area contributed by atoms with E-state index in [0.717, 1.165) is 18.6 Å². The highest BCUT2D eigenvalue weighted by Crippen LogP contribution is 2.42. The Morgan fingerprint density at radius 3 is 2.91 bits per heavy atom. The number of hydrogen-bond acceptors (Lipinski definition) is 5. The number of hydrogen-bond donors (Lipinski definition) is 0. The van der Waals surface area contributed by atoms with E-state index in [9.17, 15) is 8.42 Å². The molecule has 128 valence electrons. The molecule has 1 unspecified atom stereocenters. The first kappa shape index (κ1) is 16.6. The number of nitrogens with zero attached hydrogens (tertiary/aromatic N) is 3. The predicted octanol–water partition coefficient (Wildman–Crippen LogP) is 0.748. The van der Waals surface area contributed by atoms with Crippen molar-refractivity contribution in [3.8, 4) is 5.75 Å². The highest BCUT2D eigenvalue weighted by Gasteiger charge is 2.56. The van der Waals surface area contributed by atoms with E-state index in [4.69, 9.17) is 9.47 Å². The van der Waals surface area contributed by atoms with E-state index in [1.54, 1.807) is 26.5 Å². The molecule has 0 saturated carbocycles. The molecule has 2 aliphatic rings. The zero-order valence-electron chi connectivity index (χ0n) is 13.5. The Morgan fingerprint density at radius 1 is 1.48 bits per heavy atom. The van der Waals surface area contributed by atoms with Crippen molar-refractivity contribution in [2.24, 2.45) is 5.92 Å². The lowest BCUT2D eigenvalue weighted by molar-refractivity contribution is -0.105. The Bertz CT molecular complexity index is 629. The molecule has 3 rings (SSSR count). The molecule has 3 heterocycles. The summed E-state index contributed by atoms with van der Waals surface area (Å²) in [5.74, 6) is 1.08. The van der Waals surface area contributed by atoms with Crippen LogP contribution in [0.5, 0.6) is 5.75 Å². The summed E-state index contributed by atoms with van der Waals surface area (Å²) >= 11 is 0. The Hall–Kier alpha value is -1.22. The van der Waals surface area contributed by atoms with Gasteiger partial charge in [0.2, 0.25) is 0 Å². The molecular formula is C15H23N3O4S. The van der Waals surface area contributed by atoms with Gasteiger partial charge in [-0.1, -0.05) is 0 Å². The average Bonchev–Trinajstić information content (AvgIpc) is 2.90. The molecule has 1 aromatic heterocycles. The first-order valence-electron chi connectivity index (χ1n) is 7.78. The molecule has 0 aliphatic carbocycles. The molecule has 8 heteroatoms. The largest absolute Gasteiger partial charge is 0.492 e. The number of rotatable bonds is 6. The lowest BCUT2D eigenvalue weighted by Crippen LogP contribution is -2.67. The van der Waals surface area contributed by atoms with Gasteiger partial charge >= 0.3 is 0 Å². The molecule has 1 aromatic rings. The van der Waals surface area contributed by atoms with Crippen LogP contribution in [-0.2, 0) is 14.9 Å². The second-order valence-electron chi connectivity index (χ2n) is 6.28. The summed E-state index contributed by atoms with van der Waals surface area (Å²) in [6.45, 7) is 2.14. The summed E-state index contributed by atoms with van der Waals surface area (Å²) in [6, 6.07) is 3.72. The first-order chi connectivity index (χ1) is 10.9. The molecule has 0 N–H and O–H groups in total. The van der Waals surface area contributed by atoms with Crippen molar-refractivity contribution >= 4 is 10.2 Å². The highest BCUT2D eigenvalue weighted by molar-refractivity contribution is 7.86. The van der Waals surface area contributed by atoms with Crippen LogP contribution in [0, 0.1) is 5.92 Å². The van der Waals surface area contributed by atoms with E-state index in [0.29, 0.717) is 32.2 Å². The normalized spacial score (nSPS) is 24.0. The third kappa shape index (κ3) is 3.21. The molecule has 1 spiro atoms. The van der Waals surface area contributed by atoms with E-state index in [1.807, 2.05) is 12.1 Å². The van der Waals surface area contributed by atoms with Gasteiger partial charge in [-0.3, -0.25) is 4.98 Å². The van der Waals surface area contributed by atoms with Crippen LogP contribution in [0.15, 0.2) is 24.5 Å². The van der Waals surface area contributed by atoms with Crippen LogP contribution in [0.3, 0.4) is 0 Å². The van der Waals surface area contributed by atoms with Crippen molar-refractivity contribution < 1.29 is 17.9 Å². The summed E-state index contributed by atoms with van der Waals surface area (Å²) in [5, 5.41) is 0. The molecule has 0 radical (unpaired) electrons. The van der Waals surface area contributed by atoms with Crippen molar-refractivity contribution in [1.29, 1.82) is 0 Å². The van der Waals surface area contributed by atoms with E-state index in [-0.39, 0.29) is 5.60 Å². The molecule has 2 saturated heterocycles. The number of ether oxygens (including phenoxy) is 2. The van der Waals surface area contributed by atoms with Crippen LogP contribution in [0.25, 0.3) is 0 Å². The quantitative estimate of drug-likeness (QED) is 0.763. The van der Waals surface area contributed by atoms with Crippen LogP contribution in [0.4, 0.5) is 0 Å². The average molecular weight is 341 g/mol. The third-order valence-electron chi connectivity index (χ3n) is 4.65. The predicted molar refractivity (Wildman–Crippen MR) is 85.3 cm³/mol. The summed E-state index contributed by atoms with van der Waals surface area (Å²) in [6.07, 6.45) is 5.20. The topological polar surface area (TPSA) is 72.0 Å². The zero-order valence-corrected chi connectivity index (χ0v) is 14.3. The van der Waals surface area contributed by atoms with Gasteiger partial charge in [0.15, 0.2) is 0 Å². The van der Waals surface area contributed by atoms with E-state index in [1.165, 1.54) is 8.61 Å². The SMILES string of the molecule is CN(C)S(=O)(=O)N1CC2(C1)OCCC2CCOc1cccnc1. The maximum absolute atomic E-state index is 12.1. The van der Waals surface area contributed by atoms with Crippen molar-refractivity contribution in [2.75, 3.05) is 40.4 Å². The number of pyridine rings is 1. The molecular weight excluding hydrogens is 318 g/mol. The second kappa shape index (κ2) is 6.35. The van der Waals surface area contributed by atoms with Crippen LogP contribution < -0.4 is 4.74 Å². The Balaban J connectivity index is 1.53. The van der Waals surface area contributed by atoms with Crippen molar-refractivity contribution in [3.63, 3.8) is 0 Å². The molecule has 2 fully saturated rings. The fourth-order valence-electron chi connectivity index (χ4n) is 3.24. The van der Waals surface area contributed by atoms with Crippen LogP contribution in [0.2, 0.25) is 0 Å². The minimum Gasteiger partial charge on any atom is -0.492 e. The second-order valence-corrected chi connectivity index (χ2v) is 8.43. The van der Waals surface area contributed by atoms with Crippen molar-refractivity contribution in [3.05, 3.63) is 24.5 Å². The molecule has 7 nitrogen and oxygen atoms in total. The lowest BCUT2D eigenvalue weighted by Gasteiger charge is -2.49. The molecule has 0 aromatic carbocycles. The maximum Gasteiger partial charge on any atom is 0.281 e.